The molecule has 1 aromatic rings. The number of carbonyl (C=O) groups is 1. The summed E-state index contributed by atoms with van der Waals surface area (Å²) in [5.74, 6) is -0.144. The van der Waals surface area contributed by atoms with E-state index in [1.54, 1.807) is 5.51 Å². The first-order valence-corrected chi connectivity index (χ1v) is 4.99. The Labute approximate surface area is 105 Å². The maximum atomic E-state index is 11.3. The van der Waals surface area contributed by atoms with E-state index in [2.05, 4.69) is 10.3 Å². The van der Waals surface area contributed by atoms with E-state index in [9.17, 15) is 4.79 Å². The van der Waals surface area contributed by atoms with Crippen LogP contribution in [0.4, 0.5) is 5.00 Å². The topological polar surface area (TPSA) is 68.0 Å². The summed E-state index contributed by atoms with van der Waals surface area (Å²) in [5, 5.41) is 3.52. The van der Waals surface area contributed by atoms with Gasteiger partial charge in [-0.3, -0.25) is 4.79 Å². The average Bonchev–Trinajstić information content (AvgIpc) is 2.50. The van der Waals surface area contributed by atoms with E-state index < -0.39 is 6.04 Å². The number of halogens is 2. The lowest BCUT2D eigenvalue weighted by atomic mass is 10.2. The number of amides is 1. The normalized spacial score (nSPS) is 10.9. The van der Waals surface area contributed by atoms with E-state index in [1.807, 2.05) is 13.8 Å². The number of hydrogen-bond donors (Lipinski definition) is 2. The minimum atomic E-state index is -0.429. The van der Waals surface area contributed by atoms with Gasteiger partial charge in [0.2, 0.25) is 5.91 Å². The van der Waals surface area contributed by atoms with E-state index in [0.29, 0.717) is 6.42 Å². The summed E-state index contributed by atoms with van der Waals surface area (Å²) < 4.78 is 0. The van der Waals surface area contributed by atoms with Crippen molar-refractivity contribution in [2.45, 2.75) is 26.3 Å². The molecule has 3 N–H and O–H groups in total. The Kier molecular flexibility index (Phi) is 8.95. The third-order valence-electron chi connectivity index (χ3n) is 1.76. The number of thiazole rings is 1. The minimum Gasteiger partial charge on any atom is -0.320 e. The summed E-state index contributed by atoms with van der Waals surface area (Å²) in [5.41, 5.74) is 8.09. The molecule has 15 heavy (non-hydrogen) atoms. The van der Waals surface area contributed by atoms with Crippen LogP contribution in [0.15, 0.2) is 5.51 Å². The summed E-state index contributed by atoms with van der Waals surface area (Å²) in [4.78, 5) is 15.4. The fraction of sp³-hybridized carbons (Fsp3) is 0.500. The van der Waals surface area contributed by atoms with Crippen LogP contribution in [0.3, 0.4) is 0 Å². The molecule has 0 aliphatic heterocycles. The van der Waals surface area contributed by atoms with Gasteiger partial charge in [0.25, 0.3) is 0 Å². The van der Waals surface area contributed by atoms with Crippen LogP contribution in [0.25, 0.3) is 0 Å². The number of aromatic nitrogens is 1. The molecular weight excluding hydrogens is 257 g/mol. The van der Waals surface area contributed by atoms with Gasteiger partial charge in [-0.05, 0) is 13.3 Å². The third kappa shape index (κ3) is 4.79. The van der Waals surface area contributed by atoms with E-state index in [0.717, 1.165) is 10.7 Å². The molecule has 88 valence electrons. The number of aryl methyl sites for hydroxylation is 1. The molecule has 1 aromatic heterocycles. The highest BCUT2D eigenvalue weighted by atomic mass is 35.5. The lowest BCUT2D eigenvalue weighted by molar-refractivity contribution is -0.117. The number of rotatable bonds is 3. The Morgan fingerprint density at radius 3 is 2.67 bits per heavy atom. The highest BCUT2D eigenvalue weighted by Crippen LogP contribution is 2.18. The summed E-state index contributed by atoms with van der Waals surface area (Å²) in [6.45, 7) is 3.73. The zero-order chi connectivity index (χ0) is 9.84. The number of nitrogens with two attached hydrogens (primary N) is 1. The Hall–Kier alpha value is -0.360. The number of carbonyl (C=O) groups excluding carboxylic acids is 1. The second kappa shape index (κ2) is 7.87. The summed E-state index contributed by atoms with van der Waals surface area (Å²) in [6, 6.07) is -0.429. The van der Waals surface area contributed by atoms with Crippen molar-refractivity contribution in [1.82, 2.24) is 4.98 Å². The lowest BCUT2D eigenvalue weighted by Gasteiger charge is -2.08. The first kappa shape index (κ1) is 17.0. The van der Waals surface area contributed by atoms with Crippen molar-refractivity contribution in [3.8, 4) is 0 Å². The quantitative estimate of drug-likeness (QED) is 0.884. The van der Waals surface area contributed by atoms with Gasteiger partial charge in [-0.1, -0.05) is 6.92 Å². The maximum absolute atomic E-state index is 11.3. The molecule has 0 fully saturated rings. The first-order chi connectivity index (χ1) is 6.15. The van der Waals surface area contributed by atoms with Crippen molar-refractivity contribution in [2.75, 3.05) is 5.32 Å². The fourth-order valence-corrected chi connectivity index (χ4v) is 1.51. The standard InChI is InChI=1S/C8H13N3OS.2ClH/c1-3-6(9)7(12)11-8-5(2)10-4-13-8;;/h4,6H,3,9H2,1-2H3,(H,11,12);2*1H. The molecule has 0 saturated carbocycles. The maximum Gasteiger partial charge on any atom is 0.241 e. The zero-order valence-corrected chi connectivity index (χ0v) is 11.0. The predicted molar refractivity (Wildman–Crippen MR) is 68.2 cm³/mol. The SMILES string of the molecule is CCC(N)C(=O)Nc1scnc1C.Cl.Cl. The Morgan fingerprint density at radius 1 is 1.67 bits per heavy atom. The second-order valence-corrected chi connectivity index (χ2v) is 3.63. The second-order valence-electron chi connectivity index (χ2n) is 2.77. The van der Waals surface area contributed by atoms with Crippen LogP contribution in [0.5, 0.6) is 0 Å². The van der Waals surface area contributed by atoms with Crippen molar-refractivity contribution in [3.63, 3.8) is 0 Å². The predicted octanol–water partition coefficient (Wildman–Crippen LogP) is 1.97. The van der Waals surface area contributed by atoms with Crippen LogP contribution in [0.2, 0.25) is 0 Å². The highest BCUT2D eigenvalue weighted by molar-refractivity contribution is 7.14. The van der Waals surface area contributed by atoms with E-state index in [-0.39, 0.29) is 30.7 Å². The van der Waals surface area contributed by atoms with Gasteiger partial charge >= 0.3 is 0 Å². The Morgan fingerprint density at radius 2 is 2.27 bits per heavy atom. The van der Waals surface area contributed by atoms with Crippen LogP contribution in [0, 0.1) is 6.92 Å². The molecule has 1 amide bonds. The number of anilines is 1. The number of nitrogens with zero attached hydrogens (tertiary/aromatic N) is 1. The van der Waals surface area contributed by atoms with Gasteiger partial charge in [0.15, 0.2) is 0 Å². The largest absolute Gasteiger partial charge is 0.320 e. The van der Waals surface area contributed by atoms with E-state index in [1.165, 1.54) is 11.3 Å². The molecule has 4 nitrogen and oxygen atoms in total. The smallest absolute Gasteiger partial charge is 0.241 e. The minimum absolute atomic E-state index is 0. The van der Waals surface area contributed by atoms with E-state index in [4.69, 9.17) is 5.73 Å². The molecule has 7 heteroatoms. The zero-order valence-electron chi connectivity index (χ0n) is 8.52. The van der Waals surface area contributed by atoms with Crippen LogP contribution >= 0.6 is 36.2 Å². The highest BCUT2D eigenvalue weighted by Gasteiger charge is 2.12. The van der Waals surface area contributed by atoms with Gasteiger partial charge in [-0.15, -0.1) is 36.2 Å². The van der Waals surface area contributed by atoms with Crippen LogP contribution in [0.1, 0.15) is 19.0 Å². The summed E-state index contributed by atoms with van der Waals surface area (Å²) in [7, 11) is 0. The van der Waals surface area contributed by atoms with Crippen molar-refractivity contribution in [1.29, 1.82) is 0 Å². The number of nitrogens with one attached hydrogen (secondary N) is 1. The molecular formula is C8H15Cl2N3OS. The molecule has 1 heterocycles. The van der Waals surface area contributed by atoms with Crippen molar-refractivity contribution in [2.24, 2.45) is 5.73 Å². The van der Waals surface area contributed by atoms with Crippen molar-refractivity contribution < 1.29 is 4.79 Å². The van der Waals surface area contributed by atoms with Crippen LogP contribution in [-0.2, 0) is 4.79 Å². The molecule has 1 rings (SSSR count). The van der Waals surface area contributed by atoms with Crippen molar-refractivity contribution in [3.05, 3.63) is 11.2 Å². The van der Waals surface area contributed by atoms with Gasteiger partial charge in [0.05, 0.1) is 17.2 Å². The molecule has 0 aliphatic carbocycles. The Balaban J connectivity index is 0. The summed E-state index contributed by atoms with van der Waals surface area (Å²) >= 11 is 1.41. The fourth-order valence-electron chi connectivity index (χ4n) is 0.812. The molecule has 0 spiro atoms. The van der Waals surface area contributed by atoms with Gasteiger partial charge in [0.1, 0.15) is 5.00 Å². The molecule has 1 atom stereocenters. The van der Waals surface area contributed by atoms with E-state index >= 15 is 0 Å². The Bertz CT molecular complexity index is 306. The lowest BCUT2D eigenvalue weighted by Crippen LogP contribution is -2.34. The molecule has 0 aliphatic rings. The summed E-state index contributed by atoms with van der Waals surface area (Å²) in [6.07, 6.45) is 0.643. The molecule has 0 radical (unpaired) electrons. The monoisotopic (exact) mass is 271 g/mol. The third-order valence-corrected chi connectivity index (χ3v) is 2.60. The van der Waals surface area contributed by atoms with Crippen LogP contribution in [-0.4, -0.2) is 16.9 Å². The first-order valence-electron chi connectivity index (χ1n) is 4.11. The van der Waals surface area contributed by atoms with Gasteiger partial charge < -0.3 is 11.1 Å². The molecule has 1 unspecified atom stereocenters. The molecule has 0 saturated heterocycles. The van der Waals surface area contributed by atoms with Gasteiger partial charge in [-0.2, -0.15) is 0 Å². The molecule has 0 aromatic carbocycles. The van der Waals surface area contributed by atoms with Gasteiger partial charge in [-0.25, -0.2) is 4.98 Å². The molecule has 0 bridgehead atoms. The van der Waals surface area contributed by atoms with Gasteiger partial charge in [0, 0.05) is 0 Å². The van der Waals surface area contributed by atoms with Crippen LogP contribution < -0.4 is 11.1 Å². The number of hydrogen-bond acceptors (Lipinski definition) is 4. The van der Waals surface area contributed by atoms with Crippen molar-refractivity contribution >= 4 is 47.1 Å². The average molecular weight is 272 g/mol.